The van der Waals surface area contributed by atoms with Crippen molar-refractivity contribution < 1.29 is 0 Å². The number of nitrogens with zero attached hydrogens (tertiary/aromatic N) is 3. The van der Waals surface area contributed by atoms with Crippen LogP contribution in [0.25, 0.3) is 0 Å². The summed E-state index contributed by atoms with van der Waals surface area (Å²) in [4.78, 5) is 0. The lowest BCUT2D eigenvalue weighted by Gasteiger charge is -2.18. The van der Waals surface area contributed by atoms with E-state index in [2.05, 4.69) is 36.5 Å². The molecule has 5 nitrogen and oxygen atoms in total. The molecule has 0 aliphatic rings. The molecule has 0 fully saturated rings. The van der Waals surface area contributed by atoms with E-state index in [9.17, 15) is 0 Å². The first kappa shape index (κ1) is 14.5. The lowest BCUT2D eigenvalue weighted by atomic mass is 10.2. The van der Waals surface area contributed by atoms with Crippen LogP contribution in [0.15, 0.2) is 6.20 Å². The summed E-state index contributed by atoms with van der Waals surface area (Å²) < 4.78 is 1.93. The number of hydrogen-bond donors (Lipinski definition) is 2. The smallest absolute Gasteiger partial charge is 0.0778 e. The molecule has 2 unspecified atom stereocenters. The Morgan fingerprint density at radius 1 is 1.53 bits per heavy atom. The molecule has 98 valence electrons. The monoisotopic (exact) mass is 257 g/mol. The fourth-order valence-corrected chi connectivity index (χ4v) is 2.54. The number of nitrogens with two attached hydrogens (primary N) is 1. The molecule has 0 saturated carbocycles. The Hall–Kier alpha value is -0.590. The highest BCUT2D eigenvalue weighted by molar-refractivity contribution is 7.99. The topological polar surface area (TPSA) is 68.8 Å². The van der Waals surface area contributed by atoms with Gasteiger partial charge in [-0.15, -0.1) is 5.10 Å². The first-order valence-corrected chi connectivity index (χ1v) is 7.23. The van der Waals surface area contributed by atoms with Gasteiger partial charge in [0.05, 0.1) is 17.9 Å². The highest BCUT2D eigenvalue weighted by Gasteiger charge is 2.16. The molecule has 1 aromatic rings. The summed E-state index contributed by atoms with van der Waals surface area (Å²) in [6.45, 7) is 7.46. The molecule has 6 heteroatoms. The highest BCUT2D eigenvalue weighted by atomic mass is 32.2. The Morgan fingerprint density at radius 3 is 2.88 bits per heavy atom. The van der Waals surface area contributed by atoms with Gasteiger partial charge in [-0.3, -0.25) is 11.3 Å². The van der Waals surface area contributed by atoms with Crippen molar-refractivity contribution in [2.75, 3.05) is 5.75 Å². The summed E-state index contributed by atoms with van der Waals surface area (Å²) in [6, 6.07) is 0.121. The van der Waals surface area contributed by atoms with E-state index >= 15 is 0 Å². The summed E-state index contributed by atoms with van der Waals surface area (Å²) in [5.41, 5.74) is 3.94. The number of aryl methyl sites for hydroxylation is 1. The zero-order valence-corrected chi connectivity index (χ0v) is 11.7. The normalized spacial score (nSPS) is 14.8. The maximum absolute atomic E-state index is 5.62. The van der Waals surface area contributed by atoms with Gasteiger partial charge in [-0.2, -0.15) is 11.8 Å². The highest BCUT2D eigenvalue weighted by Crippen LogP contribution is 2.21. The fourth-order valence-electron chi connectivity index (χ4n) is 1.52. The maximum Gasteiger partial charge on any atom is 0.0778 e. The lowest BCUT2D eigenvalue weighted by molar-refractivity contribution is 0.501. The zero-order valence-electron chi connectivity index (χ0n) is 10.9. The van der Waals surface area contributed by atoms with Gasteiger partial charge in [0, 0.05) is 17.5 Å². The SMILES string of the molecule is CCCn1nncc1C(CSC(C)CC)NN. The molecular weight excluding hydrogens is 234 g/mol. The fraction of sp³-hybridized carbons (Fsp3) is 0.818. The Balaban J connectivity index is 2.62. The van der Waals surface area contributed by atoms with E-state index in [1.807, 2.05) is 16.4 Å². The molecule has 1 aromatic heterocycles. The van der Waals surface area contributed by atoms with Crippen LogP contribution in [0, 0.1) is 0 Å². The third-order valence-corrected chi connectivity index (χ3v) is 4.19. The van der Waals surface area contributed by atoms with Crippen molar-refractivity contribution in [3.63, 3.8) is 0 Å². The molecule has 1 heterocycles. The van der Waals surface area contributed by atoms with Crippen LogP contribution in [0.5, 0.6) is 0 Å². The molecule has 0 saturated heterocycles. The number of hydrazine groups is 1. The van der Waals surface area contributed by atoms with E-state index in [4.69, 9.17) is 5.84 Å². The number of nitrogens with one attached hydrogen (secondary N) is 1. The molecule has 0 amide bonds. The standard InChI is InChI=1S/C11H23N5S/c1-4-6-16-11(7-13-15-16)10(14-12)8-17-9(3)5-2/h7,9-10,14H,4-6,8,12H2,1-3H3. The van der Waals surface area contributed by atoms with Gasteiger partial charge in [0.2, 0.25) is 0 Å². The average molecular weight is 257 g/mol. The van der Waals surface area contributed by atoms with E-state index in [0.717, 1.165) is 24.4 Å². The van der Waals surface area contributed by atoms with Gasteiger partial charge in [-0.05, 0) is 12.8 Å². The third-order valence-electron chi connectivity index (χ3n) is 2.76. The molecule has 17 heavy (non-hydrogen) atoms. The molecule has 0 radical (unpaired) electrons. The second-order valence-electron chi connectivity index (χ2n) is 4.15. The quantitative estimate of drug-likeness (QED) is 0.548. The minimum absolute atomic E-state index is 0.121. The summed E-state index contributed by atoms with van der Waals surface area (Å²) in [5.74, 6) is 6.57. The van der Waals surface area contributed by atoms with Crippen LogP contribution in [0.4, 0.5) is 0 Å². The predicted molar refractivity (Wildman–Crippen MR) is 72.6 cm³/mol. The van der Waals surface area contributed by atoms with Crippen molar-refractivity contribution in [1.29, 1.82) is 0 Å². The van der Waals surface area contributed by atoms with E-state index in [1.54, 1.807) is 6.20 Å². The van der Waals surface area contributed by atoms with Crippen LogP contribution < -0.4 is 11.3 Å². The Labute approximate surface area is 107 Å². The second kappa shape index (κ2) is 7.68. The van der Waals surface area contributed by atoms with Crippen LogP contribution in [-0.2, 0) is 6.54 Å². The molecule has 0 spiro atoms. The lowest BCUT2D eigenvalue weighted by Crippen LogP contribution is -2.32. The maximum atomic E-state index is 5.62. The predicted octanol–water partition coefficient (Wildman–Crippen LogP) is 1.72. The van der Waals surface area contributed by atoms with Gasteiger partial charge in [0.15, 0.2) is 0 Å². The van der Waals surface area contributed by atoms with Crippen LogP contribution in [0.3, 0.4) is 0 Å². The first-order valence-electron chi connectivity index (χ1n) is 6.19. The van der Waals surface area contributed by atoms with Crippen molar-refractivity contribution in [1.82, 2.24) is 20.4 Å². The van der Waals surface area contributed by atoms with Crippen molar-refractivity contribution in [2.24, 2.45) is 5.84 Å². The van der Waals surface area contributed by atoms with Crippen LogP contribution in [-0.4, -0.2) is 26.0 Å². The molecule has 0 aliphatic heterocycles. The Morgan fingerprint density at radius 2 is 2.29 bits per heavy atom. The molecule has 1 rings (SSSR count). The van der Waals surface area contributed by atoms with E-state index < -0.39 is 0 Å². The van der Waals surface area contributed by atoms with Crippen LogP contribution in [0.2, 0.25) is 0 Å². The summed E-state index contributed by atoms with van der Waals surface area (Å²) in [5, 5.41) is 8.70. The summed E-state index contributed by atoms with van der Waals surface area (Å²) >= 11 is 1.92. The zero-order chi connectivity index (χ0) is 12.7. The van der Waals surface area contributed by atoms with Gasteiger partial charge < -0.3 is 0 Å². The van der Waals surface area contributed by atoms with E-state index in [0.29, 0.717) is 5.25 Å². The van der Waals surface area contributed by atoms with Gasteiger partial charge in [0.1, 0.15) is 0 Å². The largest absolute Gasteiger partial charge is 0.271 e. The average Bonchev–Trinajstić information content (AvgIpc) is 2.78. The summed E-state index contributed by atoms with van der Waals surface area (Å²) in [7, 11) is 0. The van der Waals surface area contributed by atoms with Gasteiger partial charge in [-0.25, -0.2) is 4.68 Å². The molecule has 0 aromatic carbocycles. The van der Waals surface area contributed by atoms with Crippen LogP contribution in [0.1, 0.15) is 45.3 Å². The van der Waals surface area contributed by atoms with E-state index in [-0.39, 0.29) is 6.04 Å². The summed E-state index contributed by atoms with van der Waals surface area (Å²) in [6.07, 6.45) is 4.03. The van der Waals surface area contributed by atoms with Crippen molar-refractivity contribution in [3.8, 4) is 0 Å². The van der Waals surface area contributed by atoms with Gasteiger partial charge in [-0.1, -0.05) is 26.0 Å². The minimum atomic E-state index is 0.121. The number of aromatic nitrogens is 3. The van der Waals surface area contributed by atoms with E-state index in [1.165, 1.54) is 6.42 Å². The number of thioether (sulfide) groups is 1. The van der Waals surface area contributed by atoms with Crippen LogP contribution >= 0.6 is 11.8 Å². The molecule has 2 atom stereocenters. The molecule has 3 N–H and O–H groups in total. The third kappa shape index (κ3) is 4.29. The molecular formula is C11H23N5S. The molecule has 0 bridgehead atoms. The number of hydrogen-bond acceptors (Lipinski definition) is 5. The Kier molecular flexibility index (Phi) is 6.54. The van der Waals surface area contributed by atoms with Crippen molar-refractivity contribution in [2.45, 2.75) is 51.4 Å². The number of rotatable bonds is 8. The van der Waals surface area contributed by atoms with Gasteiger partial charge in [0.25, 0.3) is 0 Å². The van der Waals surface area contributed by atoms with Crippen molar-refractivity contribution in [3.05, 3.63) is 11.9 Å². The first-order chi connectivity index (χ1) is 8.22. The Bertz CT molecular complexity index is 315. The second-order valence-corrected chi connectivity index (χ2v) is 5.62. The van der Waals surface area contributed by atoms with Gasteiger partial charge >= 0.3 is 0 Å². The molecule has 0 aliphatic carbocycles. The van der Waals surface area contributed by atoms with Crippen molar-refractivity contribution >= 4 is 11.8 Å². The minimum Gasteiger partial charge on any atom is -0.271 e.